The molecule has 1 N–H and O–H groups in total. The average Bonchev–Trinajstić information content (AvgIpc) is 2.39. The predicted octanol–water partition coefficient (Wildman–Crippen LogP) is 4.22. The molecule has 0 saturated carbocycles. The molecular formula is C15H12BrF2NO. The highest BCUT2D eigenvalue weighted by atomic mass is 79.9. The standard InChI is InChI=1S/C15H12BrF2NO/c1-9(10-2-4-11(16)5-3-10)19-15(20)13-7-6-12(17)8-14(13)18/h2-9H,1H3,(H,19,20)/t9-/m1/s1. The Hall–Kier alpha value is -1.75. The SMILES string of the molecule is C[C@@H](NC(=O)c1ccc(F)cc1F)c1ccc(Br)cc1. The number of carbonyl (C=O) groups is 1. The highest BCUT2D eigenvalue weighted by Gasteiger charge is 2.15. The van der Waals surface area contributed by atoms with Gasteiger partial charge < -0.3 is 5.32 Å². The van der Waals surface area contributed by atoms with E-state index >= 15 is 0 Å². The third-order valence-electron chi connectivity index (χ3n) is 2.89. The van der Waals surface area contributed by atoms with Gasteiger partial charge in [0.2, 0.25) is 0 Å². The van der Waals surface area contributed by atoms with Crippen molar-refractivity contribution in [2.24, 2.45) is 0 Å². The van der Waals surface area contributed by atoms with Crippen LogP contribution in [-0.2, 0) is 0 Å². The lowest BCUT2D eigenvalue weighted by molar-refractivity contribution is 0.0935. The Kier molecular flexibility index (Phi) is 4.49. The molecule has 20 heavy (non-hydrogen) atoms. The van der Waals surface area contributed by atoms with Crippen molar-refractivity contribution in [3.05, 3.63) is 69.7 Å². The molecule has 5 heteroatoms. The molecule has 0 unspecified atom stereocenters. The fourth-order valence-corrected chi connectivity index (χ4v) is 2.05. The van der Waals surface area contributed by atoms with Gasteiger partial charge in [-0.3, -0.25) is 4.79 Å². The number of halogens is 3. The van der Waals surface area contributed by atoms with Crippen molar-refractivity contribution >= 4 is 21.8 Å². The zero-order valence-corrected chi connectivity index (χ0v) is 12.2. The monoisotopic (exact) mass is 339 g/mol. The average molecular weight is 340 g/mol. The molecule has 2 rings (SSSR count). The van der Waals surface area contributed by atoms with Crippen LogP contribution < -0.4 is 5.32 Å². The predicted molar refractivity (Wildman–Crippen MR) is 76.4 cm³/mol. The first kappa shape index (κ1) is 14.7. The minimum absolute atomic E-state index is 0.171. The van der Waals surface area contributed by atoms with E-state index in [4.69, 9.17) is 0 Å². The summed E-state index contributed by atoms with van der Waals surface area (Å²) in [6.45, 7) is 1.79. The van der Waals surface area contributed by atoms with Crippen LogP contribution in [-0.4, -0.2) is 5.91 Å². The highest BCUT2D eigenvalue weighted by Crippen LogP contribution is 2.17. The number of rotatable bonds is 3. The minimum atomic E-state index is -0.870. The first-order valence-electron chi connectivity index (χ1n) is 5.99. The van der Waals surface area contributed by atoms with Crippen molar-refractivity contribution in [3.63, 3.8) is 0 Å². The maximum atomic E-state index is 13.5. The first-order valence-corrected chi connectivity index (χ1v) is 6.78. The smallest absolute Gasteiger partial charge is 0.254 e. The molecule has 0 aromatic heterocycles. The Labute approximate surface area is 123 Å². The van der Waals surface area contributed by atoms with E-state index in [2.05, 4.69) is 21.2 Å². The van der Waals surface area contributed by atoms with E-state index in [0.717, 1.165) is 22.2 Å². The zero-order valence-electron chi connectivity index (χ0n) is 10.7. The number of hydrogen-bond donors (Lipinski definition) is 1. The minimum Gasteiger partial charge on any atom is -0.345 e. The summed E-state index contributed by atoms with van der Waals surface area (Å²) in [6, 6.07) is 10.0. The summed E-state index contributed by atoms with van der Waals surface area (Å²) >= 11 is 3.33. The molecule has 0 aliphatic heterocycles. The van der Waals surface area contributed by atoms with Crippen molar-refractivity contribution in [1.29, 1.82) is 0 Å². The van der Waals surface area contributed by atoms with E-state index in [9.17, 15) is 13.6 Å². The van der Waals surface area contributed by atoms with Gasteiger partial charge in [0.25, 0.3) is 5.91 Å². The van der Waals surface area contributed by atoms with Crippen LogP contribution in [0.2, 0.25) is 0 Å². The van der Waals surface area contributed by atoms with Crippen LogP contribution in [0.3, 0.4) is 0 Å². The normalized spacial score (nSPS) is 12.0. The quantitative estimate of drug-likeness (QED) is 0.891. The topological polar surface area (TPSA) is 29.1 Å². The van der Waals surface area contributed by atoms with E-state index < -0.39 is 17.5 Å². The fourth-order valence-electron chi connectivity index (χ4n) is 1.78. The molecule has 0 aliphatic rings. The summed E-state index contributed by atoms with van der Waals surface area (Å²) in [5.74, 6) is -2.15. The number of amides is 1. The van der Waals surface area contributed by atoms with Gasteiger partial charge in [0, 0.05) is 10.5 Å². The van der Waals surface area contributed by atoms with E-state index in [1.807, 2.05) is 24.3 Å². The van der Waals surface area contributed by atoms with Crippen molar-refractivity contribution in [2.75, 3.05) is 0 Å². The molecular weight excluding hydrogens is 328 g/mol. The van der Waals surface area contributed by atoms with Gasteiger partial charge in [0.15, 0.2) is 0 Å². The van der Waals surface area contributed by atoms with Crippen molar-refractivity contribution in [3.8, 4) is 0 Å². The number of nitrogens with one attached hydrogen (secondary N) is 1. The molecule has 0 radical (unpaired) electrons. The molecule has 0 heterocycles. The molecule has 0 bridgehead atoms. The summed E-state index contributed by atoms with van der Waals surface area (Å²) < 4.78 is 27.2. The van der Waals surface area contributed by atoms with Gasteiger partial charge in [-0.1, -0.05) is 28.1 Å². The van der Waals surface area contributed by atoms with Crippen LogP contribution in [0.1, 0.15) is 28.9 Å². The first-order chi connectivity index (χ1) is 9.47. The van der Waals surface area contributed by atoms with E-state index in [1.165, 1.54) is 0 Å². The molecule has 2 nitrogen and oxygen atoms in total. The van der Waals surface area contributed by atoms with Gasteiger partial charge >= 0.3 is 0 Å². The maximum absolute atomic E-state index is 13.5. The molecule has 2 aromatic rings. The molecule has 0 spiro atoms. The van der Waals surface area contributed by atoms with Crippen LogP contribution in [0, 0.1) is 11.6 Å². The van der Waals surface area contributed by atoms with E-state index in [-0.39, 0.29) is 11.6 Å². The number of benzene rings is 2. The van der Waals surface area contributed by atoms with Crippen molar-refractivity contribution < 1.29 is 13.6 Å². The molecule has 2 aromatic carbocycles. The molecule has 0 saturated heterocycles. The molecule has 0 fully saturated rings. The third kappa shape index (κ3) is 3.42. The van der Waals surface area contributed by atoms with E-state index in [0.29, 0.717) is 6.07 Å². The van der Waals surface area contributed by atoms with Gasteiger partial charge in [-0.25, -0.2) is 8.78 Å². The van der Waals surface area contributed by atoms with E-state index in [1.54, 1.807) is 6.92 Å². The summed E-state index contributed by atoms with van der Waals surface area (Å²) in [6.07, 6.45) is 0. The maximum Gasteiger partial charge on any atom is 0.254 e. The van der Waals surface area contributed by atoms with Crippen LogP contribution in [0.4, 0.5) is 8.78 Å². The van der Waals surface area contributed by atoms with Gasteiger partial charge in [-0.05, 0) is 36.8 Å². The van der Waals surface area contributed by atoms with Gasteiger partial charge in [-0.15, -0.1) is 0 Å². The number of carbonyl (C=O) groups excluding carboxylic acids is 1. The third-order valence-corrected chi connectivity index (χ3v) is 3.42. The second-order valence-electron chi connectivity index (χ2n) is 4.37. The van der Waals surface area contributed by atoms with Gasteiger partial charge in [0.05, 0.1) is 11.6 Å². The van der Waals surface area contributed by atoms with Crippen molar-refractivity contribution in [2.45, 2.75) is 13.0 Å². The lowest BCUT2D eigenvalue weighted by Gasteiger charge is -2.14. The zero-order chi connectivity index (χ0) is 14.7. The fraction of sp³-hybridized carbons (Fsp3) is 0.133. The second kappa shape index (κ2) is 6.13. The Morgan fingerprint density at radius 2 is 1.80 bits per heavy atom. The van der Waals surface area contributed by atoms with Crippen molar-refractivity contribution in [1.82, 2.24) is 5.32 Å². The van der Waals surface area contributed by atoms with Crippen LogP contribution in [0.5, 0.6) is 0 Å². The summed E-state index contributed by atoms with van der Waals surface area (Å²) in [4.78, 5) is 11.9. The summed E-state index contributed by atoms with van der Waals surface area (Å²) in [7, 11) is 0. The highest BCUT2D eigenvalue weighted by molar-refractivity contribution is 9.10. The van der Waals surface area contributed by atoms with Crippen LogP contribution >= 0.6 is 15.9 Å². The van der Waals surface area contributed by atoms with Gasteiger partial charge in [0.1, 0.15) is 11.6 Å². The molecule has 1 atom stereocenters. The Balaban J connectivity index is 2.13. The second-order valence-corrected chi connectivity index (χ2v) is 5.29. The molecule has 1 amide bonds. The Bertz CT molecular complexity index is 628. The Morgan fingerprint density at radius 1 is 1.15 bits per heavy atom. The van der Waals surface area contributed by atoms with Gasteiger partial charge in [-0.2, -0.15) is 0 Å². The van der Waals surface area contributed by atoms with Crippen LogP contribution in [0.15, 0.2) is 46.9 Å². The molecule has 104 valence electrons. The lowest BCUT2D eigenvalue weighted by Crippen LogP contribution is -2.27. The lowest BCUT2D eigenvalue weighted by atomic mass is 10.1. The largest absolute Gasteiger partial charge is 0.345 e. The number of hydrogen-bond acceptors (Lipinski definition) is 1. The molecule has 0 aliphatic carbocycles. The summed E-state index contributed by atoms with van der Waals surface area (Å²) in [5, 5.41) is 2.68. The van der Waals surface area contributed by atoms with Crippen LogP contribution in [0.25, 0.3) is 0 Å². The Morgan fingerprint density at radius 3 is 2.40 bits per heavy atom. The summed E-state index contributed by atoms with van der Waals surface area (Å²) in [5.41, 5.74) is 0.722.